The number of aromatic nitrogens is 1. The number of ether oxygens (including phenoxy) is 1. The molecule has 2 aromatic heterocycles. The highest BCUT2D eigenvalue weighted by Crippen LogP contribution is 2.32. The monoisotopic (exact) mass is 344 g/mol. The summed E-state index contributed by atoms with van der Waals surface area (Å²) in [6.07, 6.45) is 0. The van der Waals surface area contributed by atoms with E-state index in [0.717, 1.165) is 21.1 Å². The van der Waals surface area contributed by atoms with E-state index in [1.54, 1.807) is 18.4 Å². The van der Waals surface area contributed by atoms with Crippen molar-refractivity contribution in [3.8, 4) is 15.6 Å². The summed E-state index contributed by atoms with van der Waals surface area (Å²) in [5.41, 5.74) is 2.46. The SMILES string of the molecule is COc1ccc(C)cc1NC(=O)c1sc(-c2cccs2)nc1C. The van der Waals surface area contributed by atoms with Crippen LogP contribution in [0.15, 0.2) is 35.7 Å². The molecule has 1 N–H and O–H groups in total. The summed E-state index contributed by atoms with van der Waals surface area (Å²) >= 11 is 3.03. The average Bonchev–Trinajstić information content (AvgIpc) is 3.16. The van der Waals surface area contributed by atoms with Gasteiger partial charge in [0.15, 0.2) is 0 Å². The molecule has 0 saturated heterocycles. The van der Waals surface area contributed by atoms with Gasteiger partial charge in [0.25, 0.3) is 5.91 Å². The first-order chi connectivity index (χ1) is 11.1. The Morgan fingerprint density at radius 3 is 2.78 bits per heavy atom. The third-order valence-electron chi connectivity index (χ3n) is 3.34. The molecule has 0 aliphatic rings. The molecule has 6 heteroatoms. The number of rotatable bonds is 4. The maximum Gasteiger partial charge on any atom is 0.267 e. The van der Waals surface area contributed by atoms with E-state index < -0.39 is 0 Å². The van der Waals surface area contributed by atoms with E-state index in [1.807, 2.05) is 49.6 Å². The molecule has 0 radical (unpaired) electrons. The number of hydrogen-bond donors (Lipinski definition) is 1. The molecule has 0 unspecified atom stereocenters. The predicted molar refractivity (Wildman–Crippen MR) is 95.8 cm³/mol. The van der Waals surface area contributed by atoms with Gasteiger partial charge < -0.3 is 10.1 Å². The Hall–Kier alpha value is -2.18. The predicted octanol–water partition coefficient (Wildman–Crippen LogP) is 4.75. The molecule has 0 atom stereocenters. The zero-order chi connectivity index (χ0) is 16.4. The van der Waals surface area contributed by atoms with Gasteiger partial charge >= 0.3 is 0 Å². The topological polar surface area (TPSA) is 51.2 Å². The summed E-state index contributed by atoms with van der Waals surface area (Å²) in [5.74, 6) is 0.483. The first-order valence-electron chi connectivity index (χ1n) is 7.06. The van der Waals surface area contributed by atoms with Gasteiger partial charge in [-0.3, -0.25) is 4.79 Å². The number of thiazole rings is 1. The van der Waals surface area contributed by atoms with Crippen LogP contribution in [-0.2, 0) is 0 Å². The molecule has 3 rings (SSSR count). The first kappa shape index (κ1) is 15.7. The number of aryl methyl sites for hydroxylation is 2. The summed E-state index contributed by atoms with van der Waals surface area (Å²) in [5, 5.41) is 5.81. The smallest absolute Gasteiger partial charge is 0.267 e. The number of hydrogen-bond acceptors (Lipinski definition) is 5. The Morgan fingerprint density at radius 1 is 1.26 bits per heavy atom. The van der Waals surface area contributed by atoms with Crippen molar-refractivity contribution in [2.75, 3.05) is 12.4 Å². The van der Waals surface area contributed by atoms with Crippen LogP contribution in [0.1, 0.15) is 20.9 Å². The third-order valence-corrected chi connectivity index (χ3v) is 5.53. The van der Waals surface area contributed by atoms with Gasteiger partial charge in [-0.25, -0.2) is 4.98 Å². The lowest BCUT2D eigenvalue weighted by Crippen LogP contribution is -2.12. The third kappa shape index (κ3) is 3.28. The molecule has 1 aromatic carbocycles. The summed E-state index contributed by atoms with van der Waals surface area (Å²) in [4.78, 5) is 18.8. The number of benzene rings is 1. The zero-order valence-corrected chi connectivity index (χ0v) is 14.7. The van der Waals surface area contributed by atoms with Crippen molar-refractivity contribution < 1.29 is 9.53 Å². The van der Waals surface area contributed by atoms with Crippen molar-refractivity contribution in [1.29, 1.82) is 0 Å². The summed E-state index contributed by atoms with van der Waals surface area (Å²) in [7, 11) is 1.59. The van der Waals surface area contributed by atoms with Crippen molar-refractivity contribution in [3.63, 3.8) is 0 Å². The normalized spacial score (nSPS) is 10.6. The van der Waals surface area contributed by atoms with Crippen LogP contribution in [0, 0.1) is 13.8 Å². The molecule has 3 aromatic rings. The van der Waals surface area contributed by atoms with Crippen molar-refractivity contribution in [1.82, 2.24) is 4.98 Å². The Morgan fingerprint density at radius 2 is 2.09 bits per heavy atom. The minimum Gasteiger partial charge on any atom is -0.495 e. The molecule has 118 valence electrons. The number of carbonyl (C=O) groups excluding carboxylic acids is 1. The van der Waals surface area contributed by atoms with Crippen LogP contribution in [0.5, 0.6) is 5.75 Å². The Kier molecular flexibility index (Phi) is 4.45. The summed E-state index contributed by atoms with van der Waals surface area (Å²) in [6.45, 7) is 3.83. The second-order valence-corrected chi connectivity index (χ2v) is 7.02. The van der Waals surface area contributed by atoms with Crippen LogP contribution in [0.3, 0.4) is 0 Å². The van der Waals surface area contributed by atoms with Crippen LogP contribution in [0.4, 0.5) is 5.69 Å². The Balaban J connectivity index is 1.88. The zero-order valence-electron chi connectivity index (χ0n) is 13.0. The lowest BCUT2D eigenvalue weighted by molar-refractivity contribution is 0.102. The Labute approximate surface area is 142 Å². The fourth-order valence-electron chi connectivity index (χ4n) is 2.21. The maximum atomic E-state index is 12.6. The second kappa shape index (κ2) is 6.52. The highest BCUT2D eigenvalue weighted by atomic mass is 32.1. The molecule has 0 aliphatic heterocycles. The van der Waals surface area contributed by atoms with E-state index in [9.17, 15) is 4.79 Å². The number of amides is 1. The van der Waals surface area contributed by atoms with Gasteiger partial charge in [-0.2, -0.15) is 0 Å². The van der Waals surface area contributed by atoms with Crippen LogP contribution < -0.4 is 10.1 Å². The van der Waals surface area contributed by atoms with Gasteiger partial charge in [-0.1, -0.05) is 12.1 Å². The quantitative estimate of drug-likeness (QED) is 0.743. The van der Waals surface area contributed by atoms with Crippen molar-refractivity contribution >= 4 is 34.3 Å². The molecule has 0 bridgehead atoms. The maximum absolute atomic E-state index is 12.6. The minimum atomic E-state index is -0.160. The standard InChI is InChI=1S/C17H16N2O2S2/c1-10-6-7-13(21-3)12(9-10)19-16(20)15-11(2)18-17(23-15)14-5-4-8-22-14/h4-9H,1-3H3,(H,19,20). The molecule has 0 saturated carbocycles. The number of nitrogens with zero attached hydrogens (tertiary/aromatic N) is 1. The van der Waals surface area contributed by atoms with E-state index in [1.165, 1.54) is 11.3 Å². The minimum absolute atomic E-state index is 0.160. The van der Waals surface area contributed by atoms with Gasteiger partial charge in [0, 0.05) is 0 Å². The number of carbonyl (C=O) groups is 1. The van der Waals surface area contributed by atoms with Crippen molar-refractivity contribution in [2.24, 2.45) is 0 Å². The number of thiophene rings is 1. The highest BCUT2D eigenvalue weighted by molar-refractivity contribution is 7.22. The van der Waals surface area contributed by atoms with Gasteiger partial charge in [-0.05, 0) is 43.0 Å². The fourth-order valence-corrected chi connectivity index (χ4v) is 3.97. The van der Waals surface area contributed by atoms with Crippen LogP contribution in [-0.4, -0.2) is 18.0 Å². The van der Waals surface area contributed by atoms with Crippen LogP contribution in [0.25, 0.3) is 9.88 Å². The van der Waals surface area contributed by atoms with Crippen molar-refractivity contribution in [3.05, 3.63) is 51.8 Å². The Bertz CT molecular complexity index is 838. The molecule has 0 aliphatic carbocycles. The van der Waals surface area contributed by atoms with Crippen LogP contribution in [0.2, 0.25) is 0 Å². The molecular weight excluding hydrogens is 328 g/mol. The van der Waals surface area contributed by atoms with Crippen molar-refractivity contribution in [2.45, 2.75) is 13.8 Å². The lowest BCUT2D eigenvalue weighted by Gasteiger charge is -2.10. The molecule has 1 amide bonds. The largest absolute Gasteiger partial charge is 0.495 e. The summed E-state index contributed by atoms with van der Waals surface area (Å²) in [6, 6.07) is 9.68. The molecule has 0 fully saturated rings. The highest BCUT2D eigenvalue weighted by Gasteiger charge is 2.18. The van der Waals surface area contributed by atoms with E-state index in [2.05, 4.69) is 10.3 Å². The molecule has 0 spiro atoms. The molecule has 2 heterocycles. The van der Waals surface area contributed by atoms with E-state index in [0.29, 0.717) is 16.3 Å². The molecule has 23 heavy (non-hydrogen) atoms. The van der Waals surface area contributed by atoms with Gasteiger partial charge in [0.1, 0.15) is 15.6 Å². The molecule has 4 nitrogen and oxygen atoms in total. The first-order valence-corrected chi connectivity index (χ1v) is 8.75. The van der Waals surface area contributed by atoms with Gasteiger partial charge in [0.05, 0.1) is 23.4 Å². The second-order valence-electron chi connectivity index (χ2n) is 5.07. The summed E-state index contributed by atoms with van der Waals surface area (Å²) < 4.78 is 5.31. The number of nitrogens with one attached hydrogen (secondary N) is 1. The van der Waals surface area contributed by atoms with E-state index in [4.69, 9.17) is 4.74 Å². The van der Waals surface area contributed by atoms with Gasteiger partial charge in [-0.15, -0.1) is 22.7 Å². The number of methoxy groups -OCH3 is 1. The van der Waals surface area contributed by atoms with Crippen LogP contribution >= 0.6 is 22.7 Å². The van der Waals surface area contributed by atoms with E-state index >= 15 is 0 Å². The fraction of sp³-hybridized carbons (Fsp3) is 0.176. The molecular formula is C17H16N2O2S2. The average molecular weight is 344 g/mol. The van der Waals surface area contributed by atoms with Gasteiger partial charge in [0.2, 0.25) is 0 Å². The number of anilines is 1. The lowest BCUT2D eigenvalue weighted by atomic mass is 10.2. The van der Waals surface area contributed by atoms with E-state index in [-0.39, 0.29) is 5.91 Å².